The molecule has 0 atom stereocenters. The fraction of sp³-hybridized carbons (Fsp3) is 0.0833. The lowest BCUT2D eigenvalue weighted by Gasteiger charge is -2.11. The van der Waals surface area contributed by atoms with Crippen molar-refractivity contribution < 1.29 is 9.53 Å². The number of carbonyl (C=O) groups is 1. The zero-order valence-electron chi connectivity index (χ0n) is 16.5. The third-order valence-electron chi connectivity index (χ3n) is 4.41. The molecule has 0 spiro atoms. The summed E-state index contributed by atoms with van der Waals surface area (Å²) < 4.78 is 5.89. The lowest BCUT2D eigenvalue weighted by Crippen LogP contribution is -2.14. The molecule has 3 aromatic carbocycles. The van der Waals surface area contributed by atoms with Crippen LogP contribution < -0.4 is 10.1 Å². The molecule has 0 aliphatic rings. The molecular formula is C24H17Cl3N2O2. The summed E-state index contributed by atoms with van der Waals surface area (Å²) in [6, 6.07) is 19.5. The second-order valence-corrected chi connectivity index (χ2v) is 7.91. The van der Waals surface area contributed by atoms with Gasteiger partial charge in [-0.1, -0.05) is 65.1 Å². The maximum absolute atomic E-state index is 12.7. The van der Waals surface area contributed by atoms with Gasteiger partial charge in [0.2, 0.25) is 0 Å². The molecule has 156 valence electrons. The summed E-state index contributed by atoms with van der Waals surface area (Å²) in [7, 11) is 0. The van der Waals surface area contributed by atoms with Crippen molar-refractivity contribution in [2.45, 2.75) is 13.5 Å². The summed E-state index contributed by atoms with van der Waals surface area (Å²) >= 11 is 18.0. The number of rotatable bonds is 6. The molecule has 7 heteroatoms. The molecule has 0 bridgehead atoms. The SMILES string of the molecule is Cc1ccc(Cl)cc1NC(=O)/C(C#N)=C/c1ccccc1OCc1ccc(Cl)c(Cl)c1. The van der Waals surface area contributed by atoms with Gasteiger partial charge < -0.3 is 10.1 Å². The Hall–Kier alpha value is -2.97. The van der Waals surface area contributed by atoms with Gasteiger partial charge in [-0.25, -0.2) is 0 Å². The summed E-state index contributed by atoms with van der Waals surface area (Å²) in [6.07, 6.45) is 1.49. The van der Waals surface area contributed by atoms with E-state index >= 15 is 0 Å². The van der Waals surface area contributed by atoms with Crippen LogP contribution in [0.3, 0.4) is 0 Å². The minimum Gasteiger partial charge on any atom is -0.488 e. The Labute approximate surface area is 195 Å². The normalized spacial score (nSPS) is 11.0. The Kier molecular flexibility index (Phi) is 7.59. The van der Waals surface area contributed by atoms with E-state index < -0.39 is 5.91 Å². The van der Waals surface area contributed by atoms with Gasteiger partial charge in [0.25, 0.3) is 5.91 Å². The smallest absolute Gasteiger partial charge is 0.266 e. The predicted octanol–water partition coefficient (Wildman–Crippen LogP) is 7.08. The average molecular weight is 472 g/mol. The molecule has 0 radical (unpaired) electrons. The fourth-order valence-corrected chi connectivity index (χ4v) is 3.24. The van der Waals surface area contributed by atoms with E-state index in [0.717, 1.165) is 11.1 Å². The Morgan fingerprint density at radius 2 is 1.84 bits per heavy atom. The van der Waals surface area contributed by atoms with Gasteiger partial charge in [-0.15, -0.1) is 0 Å². The van der Waals surface area contributed by atoms with Crippen molar-refractivity contribution in [1.82, 2.24) is 0 Å². The van der Waals surface area contributed by atoms with Crippen molar-refractivity contribution in [1.29, 1.82) is 5.26 Å². The van der Waals surface area contributed by atoms with Crippen LogP contribution >= 0.6 is 34.8 Å². The van der Waals surface area contributed by atoms with Crippen LogP contribution in [0.4, 0.5) is 5.69 Å². The highest BCUT2D eigenvalue weighted by atomic mass is 35.5. The number of nitriles is 1. The van der Waals surface area contributed by atoms with Crippen LogP contribution in [0.1, 0.15) is 16.7 Å². The molecule has 1 N–H and O–H groups in total. The predicted molar refractivity (Wildman–Crippen MR) is 126 cm³/mol. The first-order chi connectivity index (χ1) is 14.9. The van der Waals surface area contributed by atoms with E-state index in [1.54, 1.807) is 48.5 Å². The van der Waals surface area contributed by atoms with Crippen LogP contribution in [0.5, 0.6) is 5.75 Å². The largest absolute Gasteiger partial charge is 0.488 e. The van der Waals surface area contributed by atoms with Crippen molar-refractivity contribution in [3.63, 3.8) is 0 Å². The van der Waals surface area contributed by atoms with E-state index in [9.17, 15) is 10.1 Å². The van der Waals surface area contributed by atoms with Gasteiger partial charge in [-0.05, 0) is 54.5 Å². The number of nitrogens with one attached hydrogen (secondary N) is 1. The number of halogens is 3. The van der Waals surface area contributed by atoms with Gasteiger partial charge in [0.15, 0.2) is 0 Å². The number of ether oxygens (including phenoxy) is 1. The number of aryl methyl sites for hydroxylation is 1. The number of carbonyl (C=O) groups excluding carboxylic acids is 1. The van der Waals surface area contributed by atoms with E-state index in [-0.39, 0.29) is 12.2 Å². The lowest BCUT2D eigenvalue weighted by molar-refractivity contribution is -0.112. The fourth-order valence-electron chi connectivity index (χ4n) is 2.74. The number of nitrogens with zero attached hydrogens (tertiary/aromatic N) is 1. The van der Waals surface area contributed by atoms with Gasteiger partial charge in [0.1, 0.15) is 24.0 Å². The van der Waals surface area contributed by atoms with E-state index in [1.807, 2.05) is 25.1 Å². The monoisotopic (exact) mass is 470 g/mol. The highest BCUT2D eigenvalue weighted by Crippen LogP contribution is 2.26. The minimum atomic E-state index is -0.535. The Bertz CT molecular complexity index is 1200. The number of amides is 1. The first-order valence-electron chi connectivity index (χ1n) is 9.22. The minimum absolute atomic E-state index is 0.0648. The maximum Gasteiger partial charge on any atom is 0.266 e. The molecule has 0 saturated heterocycles. The lowest BCUT2D eigenvalue weighted by atomic mass is 10.1. The summed E-state index contributed by atoms with van der Waals surface area (Å²) in [5.74, 6) is -0.0137. The molecule has 0 aromatic heterocycles. The second kappa shape index (κ2) is 10.4. The maximum atomic E-state index is 12.7. The zero-order chi connectivity index (χ0) is 22.4. The van der Waals surface area contributed by atoms with Crippen molar-refractivity contribution in [2.75, 3.05) is 5.32 Å². The zero-order valence-corrected chi connectivity index (χ0v) is 18.7. The molecule has 0 heterocycles. The summed E-state index contributed by atoms with van der Waals surface area (Å²) in [4.78, 5) is 12.7. The summed E-state index contributed by atoms with van der Waals surface area (Å²) in [6.45, 7) is 2.09. The van der Waals surface area contributed by atoms with Crippen molar-refractivity contribution in [3.8, 4) is 11.8 Å². The highest BCUT2D eigenvalue weighted by Gasteiger charge is 2.13. The van der Waals surface area contributed by atoms with E-state index in [2.05, 4.69) is 5.32 Å². The van der Waals surface area contributed by atoms with Crippen molar-refractivity contribution >= 4 is 52.5 Å². The first-order valence-corrected chi connectivity index (χ1v) is 10.4. The molecule has 0 aliphatic heterocycles. The molecule has 3 rings (SSSR count). The third-order valence-corrected chi connectivity index (χ3v) is 5.38. The molecule has 0 unspecified atom stereocenters. The molecule has 0 saturated carbocycles. The molecular weight excluding hydrogens is 455 g/mol. The molecule has 1 amide bonds. The Balaban J connectivity index is 1.80. The van der Waals surface area contributed by atoms with Crippen LogP contribution in [0.25, 0.3) is 6.08 Å². The van der Waals surface area contributed by atoms with Crippen LogP contribution in [0.15, 0.2) is 66.2 Å². The number of anilines is 1. The molecule has 4 nitrogen and oxygen atoms in total. The van der Waals surface area contributed by atoms with Gasteiger partial charge in [0, 0.05) is 16.3 Å². The average Bonchev–Trinajstić information content (AvgIpc) is 2.76. The Morgan fingerprint density at radius 3 is 2.58 bits per heavy atom. The van der Waals surface area contributed by atoms with Crippen LogP contribution in [0, 0.1) is 18.3 Å². The van der Waals surface area contributed by atoms with Gasteiger partial charge in [-0.3, -0.25) is 4.79 Å². The molecule has 3 aromatic rings. The second-order valence-electron chi connectivity index (χ2n) is 6.66. The van der Waals surface area contributed by atoms with E-state index in [1.165, 1.54) is 6.08 Å². The van der Waals surface area contributed by atoms with Gasteiger partial charge in [0.05, 0.1) is 10.0 Å². The number of hydrogen-bond donors (Lipinski definition) is 1. The van der Waals surface area contributed by atoms with E-state index in [4.69, 9.17) is 39.5 Å². The van der Waals surface area contributed by atoms with Crippen molar-refractivity contribution in [2.24, 2.45) is 0 Å². The van der Waals surface area contributed by atoms with Crippen LogP contribution in [-0.2, 0) is 11.4 Å². The summed E-state index contributed by atoms with van der Waals surface area (Å²) in [5, 5.41) is 13.7. The number of para-hydroxylation sites is 1. The third kappa shape index (κ3) is 6.02. The molecule has 0 fully saturated rings. The van der Waals surface area contributed by atoms with E-state index in [0.29, 0.717) is 32.1 Å². The topological polar surface area (TPSA) is 62.1 Å². The number of hydrogen-bond acceptors (Lipinski definition) is 3. The molecule has 0 aliphatic carbocycles. The Morgan fingerprint density at radius 1 is 1.06 bits per heavy atom. The van der Waals surface area contributed by atoms with Gasteiger partial charge in [-0.2, -0.15) is 5.26 Å². The standard InChI is InChI=1S/C24H17Cl3N2O2/c1-15-6-8-19(25)12-22(15)29-24(30)18(13-28)11-17-4-2-3-5-23(17)31-14-16-7-9-20(26)21(27)10-16/h2-12H,14H2,1H3,(H,29,30)/b18-11+. The van der Waals surface area contributed by atoms with Crippen LogP contribution in [-0.4, -0.2) is 5.91 Å². The summed E-state index contributed by atoms with van der Waals surface area (Å²) in [5.41, 5.74) is 2.74. The molecule has 31 heavy (non-hydrogen) atoms. The van der Waals surface area contributed by atoms with Gasteiger partial charge >= 0.3 is 0 Å². The number of benzene rings is 3. The van der Waals surface area contributed by atoms with Crippen LogP contribution in [0.2, 0.25) is 15.1 Å². The van der Waals surface area contributed by atoms with Crippen molar-refractivity contribution in [3.05, 3.63) is 98.0 Å². The highest BCUT2D eigenvalue weighted by molar-refractivity contribution is 6.42. The quantitative estimate of drug-likeness (QED) is 0.308. The first kappa shape index (κ1) is 22.7.